The third-order valence-corrected chi connectivity index (χ3v) is 1.29. The Bertz CT molecular complexity index is 301. The number of hydrogen-bond donors (Lipinski definition) is 2. The second kappa shape index (κ2) is 4.30. The molecule has 0 fully saturated rings. The Morgan fingerprint density at radius 1 is 1.77 bits per heavy atom. The van der Waals surface area contributed by atoms with Gasteiger partial charge in [-0.25, -0.2) is 9.78 Å². The Balaban J connectivity index is 2.84. The summed E-state index contributed by atoms with van der Waals surface area (Å²) in [7, 11) is 0. The summed E-state index contributed by atoms with van der Waals surface area (Å²) in [6.45, 7) is 2.25. The van der Waals surface area contributed by atoms with Gasteiger partial charge in [0.25, 0.3) is 0 Å². The van der Waals surface area contributed by atoms with Crippen molar-refractivity contribution in [2.24, 2.45) is 0 Å². The van der Waals surface area contributed by atoms with Gasteiger partial charge >= 0.3 is 6.09 Å². The number of hydrogen-bond acceptors (Lipinski definition) is 3. The fourth-order valence-electron chi connectivity index (χ4n) is 0.853. The second-order valence-electron chi connectivity index (χ2n) is 2.22. The fraction of sp³-hybridized carbons (Fsp3) is 0.250. The van der Waals surface area contributed by atoms with Crippen LogP contribution in [0.4, 0.5) is 10.5 Å². The van der Waals surface area contributed by atoms with Gasteiger partial charge in [0.2, 0.25) is 5.88 Å². The van der Waals surface area contributed by atoms with Crippen molar-refractivity contribution in [1.29, 1.82) is 0 Å². The van der Waals surface area contributed by atoms with Gasteiger partial charge in [0.1, 0.15) is 5.69 Å². The number of aromatic nitrogens is 1. The molecule has 0 saturated heterocycles. The first-order chi connectivity index (χ1) is 6.24. The lowest BCUT2D eigenvalue weighted by molar-refractivity contribution is 0.209. The molecule has 5 nitrogen and oxygen atoms in total. The summed E-state index contributed by atoms with van der Waals surface area (Å²) in [6, 6.07) is 3.22. The summed E-state index contributed by atoms with van der Waals surface area (Å²) in [6.07, 6.45) is 0.409. The SMILES string of the molecule is CCOc1ncccc1NC(=O)O. The van der Waals surface area contributed by atoms with Crippen LogP contribution in [0.1, 0.15) is 6.92 Å². The summed E-state index contributed by atoms with van der Waals surface area (Å²) >= 11 is 0. The van der Waals surface area contributed by atoms with Gasteiger partial charge in [0.05, 0.1) is 6.61 Å². The van der Waals surface area contributed by atoms with Gasteiger partial charge in [0.15, 0.2) is 0 Å². The molecule has 2 N–H and O–H groups in total. The van der Waals surface area contributed by atoms with Crippen LogP contribution in [0.25, 0.3) is 0 Å². The normalized spacial score (nSPS) is 9.31. The summed E-state index contributed by atoms with van der Waals surface area (Å²) in [5, 5.41) is 10.7. The van der Waals surface area contributed by atoms with Crippen molar-refractivity contribution in [2.75, 3.05) is 11.9 Å². The molecule has 0 radical (unpaired) electrons. The number of pyridine rings is 1. The van der Waals surface area contributed by atoms with Crippen molar-refractivity contribution < 1.29 is 14.6 Å². The van der Waals surface area contributed by atoms with E-state index in [-0.39, 0.29) is 0 Å². The summed E-state index contributed by atoms with van der Waals surface area (Å²) in [4.78, 5) is 14.2. The molecule has 1 aromatic heterocycles. The Hall–Kier alpha value is -1.78. The molecule has 1 amide bonds. The molecule has 1 aromatic rings. The van der Waals surface area contributed by atoms with Crippen LogP contribution in [-0.2, 0) is 0 Å². The Morgan fingerprint density at radius 2 is 2.54 bits per heavy atom. The van der Waals surface area contributed by atoms with E-state index in [2.05, 4.69) is 10.3 Å². The standard InChI is InChI=1S/C8H10N2O3/c1-2-13-7-6(10-8(11)12)4-3-5-9-7/h3-5,10H,2H2,1H3,(H,11,12). The number of carbonyl (C=O) groups is 1. The average Bonchev–Trinajstić information content (AvgIpc) is 2.08. The van der Waals surface area contributed by atoms with Crippen LogP contribution in [0, 0.1) is 0 Å². The van der Waals surface area contributed by atoms with Crippen molar-refractivity contribution in [3.63, 3.8) is 0 Å². The zero-order chi connectivity index (χ0) is 9.68. The highest BCUT2D eigenvalue weighted by atomic mass is 16.5. The van der Waals surface area contributed by atoms with Gasteiger partial charge in [-0.1, -0.05) is 0 Å². The van der Waals surface area contributed by atoms with E-state index in [4.69, 9.17) is 9.84 Å². The monoisotopic (exact) mass is 182 g/mol. The molecule has 0 unspecified atom stereocenters. The first kappa shape index (κ1) is 9.31. The number of carboxylic acid groups (broad SMARTS) is 1. The second-order valence-corrected chi connectivity index (χ2v) is 2.22. The third-order valence-electron chi connectivity index (χ3n) is 1.29. The van der Waals surface area contributed by atoms with Crippen LogP contribution in [0.5, 0.6) is 5.88 Å². The van der Waals surface area contributed by atoms with Crippen molar-refractivity contribution in [3.05, 3.63) is 18.3 Å². The molecule has 1 heterocycles. The van der Waals surface area contributed by atoms with Crippen LogP contribution in [-0.4, -0.2) is 22.8 Å². The lowest BCUT2D eigenvalue weighted by Gasteiger charge is -2.06. The zero-order valence-electron chi connectivity index (χ0n) is 7.15. The van der Waals surface area contributed by atoms with Crippen LogP contribution in [0.15, 0.2) is 18.3 Å². The van der Waals surface area contributed by atoms with Crippen molar-refractivity contribution in [2.45, 2.75) is 6.92 Å². The molecule has 70 valence electrons. The molecule has 0 aliphatic heterocycles. The molecule has 1 rings (SSSR count). The van der Waals surface area contributed by atoms with E-state index in [1.54, 1.807) is 19.1 Å². The fourth-order valence-corrected chi connectivity index (χ4v) is 0.853. The van der Waals surface area contributed by atoms with Crippen molar-refractivity contribution in [3.8, 4) is 5.88 Å². The molecule has 0 atom stereocenters. The zero-order valence-corrected chi connectivity index (χ0v) is 7.15. The largest absolute Gasteiger partial charge is 0.476 e. The highest BCUT2D eigenvalue weighted by Crippen LogP contribution is 2.19. The van der Waals surface area contributed by atoms with E-state index < -0.39 is 6.09 Å². The molecule has 0 aliphatic rings. The van der Waals surface area contributed by atoms with Crippen molar-refractivity contribution in [1.82, 2.24) is 4.98 Å². The first-order valence-electron chi connectivity index (χ1n) is 3.81. The van der Waals surface area contributed by atoms with Gasteiger partial charge in [-0.3, -0.25) is 5.32 Å². The number of nitrogens with zero attached hydrogens (tertiary/aromatic N) is 1. The van der Waals surface area contributed by atoms with E-state index in [0.717, 1.165) is 0 Å². The van der Waals surface area contributed by atoms with Gasteiger partial charge in [0, 0.05) is 6.20 Å². The lowest BCUT2D eigenvalue weighted by atomic mass is 10.4. The summed E-state index contributed by atoms with van der Waals surface area (Å²) in [5.41, 5.74) is 0.358. The molecular weight excluding hydrogens is 172 g/mol. The van der Waals surface area contributed by atoms with Gasteiger partial charge in [-0.15, -0.1) is 0 Å². The van der Waals surface area contributed by atoms with Crippen molar-refractivity contribution >= 4 is 11.8 Å². The molecule has 0 saturated carbocycles. The Kier molecular flexibility index (Phi) is 3.08. The molecule has 0 spiro atoms. The molecule has 0 bridgehead atoms. The average molecular weight is 182 g/mol. The highest BCUT2D eigenvalue weighted by Gasteiger charge is 2.05. The van der Waals surface area contributed by atoms with Gasteiger partial charge < -0.3 is 9.84 Å². The van der Waals surface area contributed by atoms with Gasteiger partial charge in [-0.2, -0.15) is 0 Å². The van der Waals surface area contributed by atoms with E-state index in [0.29, 0.717) is 18.2 Å². The maximum absolute atomic E-state index is 10.3. The lowest BCUT2D eigenvalue weighted by Crippen LogP contribution is -2.09. The van der Waals surface area contributed by atoms with Crippen LogP contribution in [0.2, 0.25) is 0 Å². The number of anilines is 1. The maximum Gasteiger partial charge on any atom is 0.409 e. The van der Waals surface area contributed by atoms with Gasteiger partial charge in [-0.05, 0) is 19.1 Å². The smallest absolute Gasteiger partial charge is 0.409 e. The van der Waals surface area contributed by atoms with E-state index in [1.807, 2.05) is 0 Å². The minimum atomic E-state index is -1.13. The van der Waals surface area contributed by atoms with Crippen LogP contribution >= 0.6 is 0 Å². The molecule has 0 aromatic carbocycles. The topological polar surface area (TPSA) is 71.5 Å². The minimum absolute atomic E-state index is 0.299. The quantitative estimate of drug-likeness (QED) is 0.744. The highest BCUT2D eigenvalue weighted by molar-refractivity contribution is 5.84. The molecule has 13 heavy (non-hydrogen) atoms. The maximum atomic E-state index is 10.3. The number of amides is 1. The van der Waals surface area contributed by atoms with E-state index in [1.165, 1.54) is 6.20 Å². The molecule has 0 aliphatic carbocycles. The van der Waals surface area contributed by atoms with E-state index in [9.17, 15) is 4.79 Å². The number of rotatable bonds is 3. The van der Waals surface area contributed by atoms with Crippen LogP contribution < -0.4 is 10.1 Å². The number of nitrogens with one attached hydrogen (secondary N) is 1. The minimum Gasteiger partial charge on any atom is -0.476 e. The van der Waals surface area contributed by atoms with Crippen LogP contribution in [0.3, 0.4) is 0 Å². The molecular formula is C8H10N2O3. The Morgan fingerprint density at radius 3 is 3.15 bits per heavy atom. The first-order valence-corrected chi connectivity index (χ1v) is 3.81. The number of ether oxygens (including phenoxy) is 1. The predicted molar refractivity (Wildman–Crippen MR) is 47.1 cm³/mol. The third kappa shape index (κ3) is 2.62. The molecule has 5 heteroatoms. The summed E-state index contributed by atoms with van der Waals surface area (Å²) in [5.74, 6) is 0.299. The summed E-state index contributed by atoms with van der Waals surface area (Å²) < 4.78 is 5.10. The van der Waals surface area contributed by atoms with E-state index >= 15 is 0 Å². The Labute approximate surface area is 75.4 Å². The predicted octanol–water partition coefficient (Wildman–Crippen LogP) is 1.57.